The molecule has 0 radical (unpaired) electrons. The molecule has 6 nitrogen and oxygen atoms in total. The third kappa shape index (κ3) is 1.97. The Morgan fingerprint density at radius 2 is 2.29 bits per heavy atom. The summed E-state index contributed by atoms with van der Waals surface area (Å²) in [4.78, 5) is 14.2. The van der Waals surface area contributed by atoms with E-state index in [1.165, 1.54) is 0 Å². The first-order valence-corrected chi connectivity index (χ1v) is 5.99. The molecule has 0 aromatic rings. The minimum absolute atomic E-state index is 0.0193. The molecule has 0 spiro atoms. The van der Waals surface area contributed by atoms with Crippen molar-refractivity contribution in [2.24, 2.45) is 16.3 Å². The predicted molar refractivity (Wildman–Crippen MR) is 61.7 cm³/mol. The second kappa shape index (κ2) is 4.52. The maximum Gasteiger partial charge on any atom is 0.236 e. The minimum Gasteiger partial charge on any atom is -0.409 e. The zero-order chi connectivity index (χ0) is 12.5. The largest absolute Gasteiger partial charge is 0.409 e. The lowest BCUT2D eigenvalue weighted by Crippen LogP contribution is -2.58. The van der Waals surface area contributed by atoms with Crippen LogP contribution in [0.3, 0.4) is 0 Å². The van der Waals surface area contributed by atoms with Gasteiger partial charge in [-0.25, -0.2) is 0 Å². The summed E-state index contributed by atoms with van der Waals surface area (Å²) in [6, 6.07) is 0. The Morgan fingerprint density at radius 3 is 2.76 bits per heavy atom. The highest BCUT2D eigenvalue weighted by molar-refractivity contribution is 6.07. The van der Waals surface area contributed by atoms with Crippen molar-refractivity contribution in [1.82, 2.24) is 4.90 Å². The lowest BCUT2D eigenvalue weighted by atomic mass is 9.66. The van der Waals surface area contributed by atoms with Crippen LogP contribution in [-0.4, -0.2) is 47.7 Å². The Bertz CT molecular complexity index is 339. The molecule has 2 rings (SSSR count). The van der Waals surface area contributed by atoms with Crippen molar-refractivity contribution in [3.8, 4) is 0 Å². The van der Waals surface area contributed by atoms with E-state index in [0.717, 1.165) is 6.42 Å². The van der Waals surface area contributed by atoms with Crippen LogP contribution in [0.1, 0.15) is 26.2 Å². The summed E-state index contributed by atoms with van der Waals surface area (Å²) in [6.45, 7) is 3.67. The van der Waals surface area contributed by atoms with Crippen LogP contribution in [0, 0.1) is 5.41 Å². The first kappa shape index (κ1) is 12.2. The molecule has 1 saturated heterocycles. The summed E-state index contributed by atoms with van der Waals surface area (Å²) in [5.41, 5.74) is 4.92. The van der Waals surface area contributed by atoms with Gasteiger partial charge in [0.25, 0.3) is 0 Å². The minimum atomic E-state index is -0.758. The Labute approximate surface area is 100 Å². The van der Waals surface area contributed by atoms with Crippen LogP contribution in [0.2, 0.25) is 0 Å². The third-order valence-electron chi connectivity index (χ3n) is 3.74. The summed E-state index contributed by atoms with van der Waals surface area (Å²) in [5, 5.41) is 11.8. The van der Waals surface area contributed by atoms with Gasteiger partial charge in [0.05, 0.1) is 12.7 Å². The first-order valence-electron chi connectivity index (χ1n) is 5.99. The fourth-order valence-corrected chi connectivity index (χ4v) is 2.51. The summed E-state index contributed by atoms with van der Waals surface area (Å²) in [7, 11) is 0. The number of amides is 1. The highest BCUT2D eigenvalue weighted by Gasteiger charge is 2.50. The molecule has 17 heavy (non-hydrogen) atoms. The van der Waals surface area contributed by atoms with Gasteiger partial charge in [0.1, 0.15) is 5.41 Å². The van der Waals surface area contributed by atoms with Gasteiger partial charge in [0.15, 0.2) is 5.84 Å². The smallest absolute Gasteiger partial charge is 0.236 e. The number of nitrogens with zero attached hydrogens (tertiary/aromatic N) is 2. The lowest BCUT2D eigenvalue weighted by molar-refractivity contribution is -0.149. The van der Waals surface area contributed by atoms with Crippen LogP contribution in [0.25, 0.3) is 0 Å². The molecule has 0 bridgehead atoms. The van der Waals surface area contributed by atoms with E-state index < -0.39 is 5.41 Å². The number of rotatable bonds is 2. The average molecular weight is 241 g/mol. The van der Waals surface area contributed by atoms with Crippen molar-refractivity contribution in [2.45, 2.75) is 32.3 Å². The first-order chi connectivity index (χ1) is 8.10. The number of morpholine rings is 1. The predicted octanol–water partition coefficient (Wildman–Crippen LogP) is 0.150. The van der Waals surface area contributed by atoms with Gasteiger partial charge >= 0.3 is 0 Å². The van der Waals surface area contributed by atoms with Crippen molar-refractivity contribution >= 4 is 11.7 Å². The topological polar surface area (TPSA) is 88.2 Å². The van der Waals surface area contributed by atoms with E-state index in [9.17, 15) is 4.79 Å². The molecule has 1 amide bonds. The number of amidine groups is 1. The van der Waals surface area contributed by atoms with Crippen LogP contribution in [-0.2, 0) is 9.53 Å². The summed E-state index contributed by atoms with van der Waals surface area (Å²) in [5.74, 6) is 0.0297. The van der Waals surface area contributed by atoms with Gasteiger partial charge in [-0.05, 0) is 19.8 Å². The molecule has 0 aromatic carbocycles. The number of hydrogen-bond acceptors (Lipinski definition) is 4. The normalized spacial score (nSPS) is 28.6. The fourth-order valence-electron chi connectivity index (χ4n) is 2.51. The zero-order valence-corrected chi connectivity index (χ0v) is 10.1. The molecule has 1 atom stereocenters. The molecule has 1 heterocycles. The molecule has 2 fully saturated rings. The highest BCUT2D eigenvalue weighted by atomic mass is 16.5. The molecule has 1 unspecified atom stereocenters. The van der Waals surface area contributed by atoms with E-state index in [2.05, 4.69) is 5.16 Å². The van der Waals surface area contributed by atoms with Crippen molar-refractivity contribution in [3.63, 3.8) is 0 Å². The second-order valence-electron chi connectivity index (χ2n) is 4.85. The molecule has 1 aliphatic carbocycles. The number of carbonyl (C=O) groups is 1. The van der Waals surface area contributed by atoms with Gasteiger partial charge in [-0.3, -0.25) is 4.79 Å². The fraction of sp³-hybridized carbons (Fsp3) is 0.818. The second-order valence-corrected chi connectivity index (χ2v) is 4.85. The van der Waals surface area contributed by atoms with Crippen LogP contribution in [0.15, 0.2) is 5.16 Å². The Hall–Kier alpha value is -1.30. The summed E-state index contributed by atoms with van der Waals surface area (Å²) >= 11 is 0. The molecular weight excluding hydrogens is 222 g/mol. The molecule has 96 valence electrons. The van der Waals surface area contributed by atoms with Gasteiger partial charge < -0.3 is 20.6 Å². The van der Waals surface area contributed by atoms with Crippen LogP contribution < -0.4 is 5.73 Å². The van der Waals surface area contributed by atoms with Crippen LogP contribution in [0.5, 0.6) is 0 Å². The maximum absolute atomic E-state index is 12.4. The lowest BCUT2D eigenvalue weighted by Gasteiger charge is -2.44. The zero-order valence-electron chi connectivity index (χ0n) is 10.1. The maximum atomic E-state index is 12.4. The van der Waals surface area contributed by atoms with E-state index in [-0.39, 0.29) is 17.8 Å². The summed E-state index contributed by atoms with van der Waals surface area (Å²) in [6.07, 6.45) is 2.35. The van der Waals surface area contributed by atoms with E-state index in [0.29, 0.717) is 32.5 Å². The molecule has 3 N–H and O–H groups in total. The molecule has 1 aliphatic heterocycles. The van der Waals surface area contributed by atoms with Crippen molar-refractivity contribution in [3.05, 3.63) is 0 Å². The van der Waals surface area contributed by atoms with Gasteiger partial charge in [-0.2, -0.15) is 0 Å². The Balaban J connectivity index is 2.12. The number of ether oxygens (including phenoxy) is 1. The number of oxime groups is 1. The van der Waals surface area contributed by atoms with Crippen molar-refractivity contribution in [2.75, 3.05) is 19.7 Å². The summed E-state index contributed by atoms with van der Waals surface area (Å²) < 4.78 is 5.40. The number of hydrogen-bond donors (Lipinski definition) is 2. The Morgan fingerprint density at radius 1 is 1.59 bits per heavy atom. The molecule has 6 heteroatoms. The standard InChI is InChI=1S/C11H19N3O3/c1-8-7-14(5-6-17-8)10(15)11(3-2-4-11)9(12)13-16/h8,16H,2-7H2,1H3,(H2,12,13). The van der Waals surface area contributed by atoms with Crippen LogP contribution in [0.4, 0.5) is 0 Å². The third-order valence-corrected chi connectivity index (χ3v) is 3.74. The SMILES string of the molecule is CC1CN(C(=O)C2(C(N)=NO)CCC2)CCO1. The molecular formula is C11H19N3O3. The van der Waals surface area contributed by atoms with Gasteiger partial charge in [-0.1, -0.05) is 11.6 Å². The van der Waals surface area contributed by atoms with E-state index >= 15 is 0 Å². The van der Waals surface area contributed by atoms with E-state index in [4.69, 9.17) is 15.7 Å². The number of carbonyl (C=O) groups excluding carboxylic acids is 1. The Kier molecular flexibility index (Phi) is 3.24. The average Bonchev–Trinajstić information content (AvgIpc) is 2.27. The monoisotopic (exact) mass is 241 g/mol. The van der Waals surface area contributed by atoms with Crippen molar-refractivity contribution in [1.29, 1.82) is 0 Å². The quantitative estimate of drug-likeness (QED) is 0.312. The van der Waals surface area contributed by atoms with E-state index in [1.807, 2.05) is 6.92 Å². The van der Waals surface area contributed by atoms with Crippen LogP contribution >= 0.6 is 0 Å². The molecule has 1 saturated carbocycles. The van der Waals surface area contributed by atoms with Gasteiger partial charge in [0, 0.05) is 13.1 Å². The number of nitrogens with two attached hydrogens (primary N) is 1. The van der Waals surface area contributed by atoms with E-state index in [1.54, 1.807) is 4.90 Å². The highest BCUT2D eigenvalue weighted by Crippen LogP contribution is 2.43. The molecule has 2 aliphatic rings. The molecule has 0 aromatic heterocycles. The van der Waals surface area contributed by atoms with Crippen molar-refractivity contribution < 1.29 is 14.7 Å². The van der Waals surface area contributed by atoms with Gasteiger partial charge in [-0.15, -0.1) is 0 Å². The van der Waals surface area contributed by atoms with Gasteiger partial charge in [0.2, 0.25) is 5.91 Å².